The summed E-state index contributed by atoms with van der Waals surface area (Å²) >= 11 is 0. The van der Waals surface area contributed by atoms with Crippen molar-refractivity contribution < 1.29 is 4.74 Å². The van der Waals surface area contributed by atoms with E-state index >= 15 is 0 Å². The van der Waals surface area contributed by atoms with Crippen molar-refractivity contribution >= 4 is 0 Å². The highest BCUT2D eigenvalue weighted by Crippen LogP contribution is 2.12. The molecule has 0 amide bonds. The maximum atomic E-state index is 5.18. The largest absolute Gasteiger partial charge is 0.497 e. The molecule has 3 nitrogen and oxygen atoms in total. The van der Waals surface area contributed by atoms with Crippen molar-refractivity contribution in [2.75, 3.05) is 27.2 Å². The first-order valence-electron chi connectivity index (χ1n) is 7.63. The smallest absolute Gasteiger partial charge is 0.118 e. The van der Waals surface area contributed by atoms with Crippen molar-refractivity contribution in [3.8, 4) is 5.75 Å². The third-order valence-electron chi connectivity index (χ3n) is 4.00. The van der Waals surface area contributed by atoms with E-state index in [-0.39, 0.29) is 0 Å². The number of nitrogens with one attached hydrogen (secondary N) is 1. The van der Waals surface area contributed by atoms with Gasteiger partial charge in [-0.2, -0.15) is 0 Å². The van der Waals surface area contributed by atoms with Crippen LogP contribution < -0.4 is 10.1 Å². The van der Waals surface area contributed by atoms with Gasteiger partial charge in [-0.1, -0.05) is 19.1 Å². The molecule has 0 aromatic heterocycles. The standard InChI is InChI=1S/C17H30N2O/c1-6-15(3)19(4)12-11-18-14(2)13-16-7-9-17(20-5)10-8-16/h7-10,14-15,18H,6,11-13H2,1-5H3. The maximum Gasteiger partial charge on any atom is 0.118 e. The molecule has 0 aliphatic carbocycles. The van der Waals surface area contributed by atoms with Crippen LogP contribution in [0.2, 0.25) is 0 Å². The van der Waals surface area contributed by atoms with Gasteiger partial charge in [-0.15, -0.1) is 0 Å². The van der Waals surface area contributed by atoms with Crippen molar-refractivity contribution in [1.29, 1.82) is 0 Å². The molecule has 1 rings (SSSR count). The molecule has 0 bridgehead atoms. The summed E-state index contributed by atoms with van der Waals surface area (Å²) in [5.74, 6) is 0.921. The van der Waals surface area contributed by atoms with Crippen LogP contribution in [0, 0.1) is 0 Å². The summed E-state index contributed by atoms with van der Waals surface area (Å²) in [4.78, 5) is 2.41. The van der Waals surface area contributed by atoms with E-state index in [0.717, 1.165) is 25.3 Å². The predicted molar refractivity (Wildman–Crippen MR) is 86.5 cm³/mol. The molecule has 0 heterocycles. The van der Waals surface area contributed by atoms with Crippen LogP contribution in [-0.2, 0) is 6.42 Å². The molecule has 0 fully saturated rings. The monoisotopic (exact) mass is 278 g/mol. The van der Waals surface area contributed by atoms with E-state index in [4.69, 9.17) is 4.74 Å². The number of rotatable bonds is 9. The fraction of sp³-hybridized carbons (Fsp3) is 0.647. The Morgan fingerprint density at radius 2 is 1.85 bits per heavy atom. The lowest BCUT2D eigenvalue weighted by atomic mass is 10.1. The SMILES string of the molecule is CCC(C)N(C)CCNC(C)Cc1ccc(OC)cc1. The fourth-order valence-electron chi connectivity index (χ4n) is 2.21. The second-order valence-electron chi connectivity index (χ2n) is 5.65. The van der Waals surface area contributed by atoms with Crippen LogP contribution in [0.25, 0.3) is 0 Å². The maximum absolute atomic E-state index is 5.18. The third-order valence-corrected chi connectivity index (χ3v) is 4.00. The summed E-state index contributed by atoms with van der Waals surface area (Å²) in [7, 11) is 3.90. The van der Waals surface area contributed by atoms with E-state index in [1.807, 2.05) is 12.1 Å². The van der Waals surface area contributed by atoms with Crippen LogP contribution >= 0.6 is 0 Å². The number of methoxy groups -OCH3 is 1. The Labute approximate surface area is 124 Å². The highest BCUT2D eigenvalue weighted by molar-refractivity contribution is 5.27. The first-order chi connectivity index (χ1) is 9.56. The molecule has 0 saturated carbocycles. The molecule has 2 atom stereocenters. The van der Waals surface area contributed by atoms with Gasteiger partial charge in [0.1, 0.15) is 5.75 Å². The first-order valence-corrected chi connectivity index (χ1v) is 7.63. The Bertz CT molecular complexity index is 364. The van der Waals surface area contributed by atoms with Gasteiger partial charge in [0.25, 0.3) is 0 Å². The van der Waals surface area contributed by atoms with Gasteiger partial charge in [0.2, 0.25) is 0 Å². The molecular weight excluding hydrogens is 248 g/mol. The highest BCUT2D eigenvalue weighted by Gasteiger charge is 2.07. The lowest BCUT2D eigenvalue weighted by Crippen LogP contribution is -2.38. The summed E-state index contributed by atoms with van der Waals surface area (Å²) in [6.07, 6.45) is 2.26. The zero-order valence-corrected chi connectivity index (χ0v) is 13.6. The van der Waals surface area contributed by atoms with Crippen LogP contribution in [0.1, 0.15) is 32.8 Å². The number of hydrogen-bond donors (Lipinski definition) is 1. The van der Waals surface area contributed by atoms with E-state index in [0.29, 0.717) is 12.1 Å². The van der Waals surface area contributed by atoms with E-state index < -0.39 is 0 Å². The predicted octanol–water partition coefficient (Wildman–Crippen LogP) is 2.95. The fourth-order valence-corrected chi connectivity index (χ4v) is 2.21. The minimum absolute atomic E-state index is 0.494. The average molecular weight is 278 g/mol. The van der Waals surface area contributed by atoms with Crippen molar-refractivity contribution in [3.63, 3.8) is 0 Å². The van der Waals surface area contributed by atoms with Gasteiger partial charge in [-0.05, 0) is 51.4 Å². The lowest BCUT2D eigenvalue weighted by Gasteiger charge is -2.24. The summed E-state index contributed by atoms with van der Waals surface area (Å²) in [5, 5.41) is 3.60. The van der Waals surface area contributed by atoms with Crippen molar-refractivity contribution in [2.45, 2.75) is 45.7 Å². The second-order valence-corrected chi connectivity index (χ2v) is 5.65. The Morgan fingerprint density at radius 3 is 2.40 bits per heavy atom. The second kappa shape index (κ2) is 8.98. The average Bonchev–Trinajstić information content (AvgIpc) is 2.47. The van der Waals surface area contributed by atoms with Crippen molar-refractivity contribution in [1.82, 2.24) is 10.2 Å². The minimum Gasteiger partial charge on any atom is -0.497 e. The normalized spacial score (nSPS) is 14.3. The Kier molecular flexibility index (Phi) is 7.63. The van der Waals surface area contributed by atoms with E-state index in [2.05, 4.69) is 50.2 Å². The number of nitrogens with zero attached hydrogens (tertiary/aromatic N) is 1. The molecule has 114 valence electrons. The van der Waals surface area contributed by atoms with Gasteiger partial charge in [0.15, 0.2) is 0 Å². The number of ether oxygens (including phenoxy) is 1. The molecule has 0 aliphatic heterocycles. The van der Waals surface area contributed by atoms with Gasteiger partial charge in [0.05, 0.1) is 7.11 Å². The van der Waals surface area contributed by atoms with Gasteiger partial charge in [0, 0.05) is 25.2 Å². The van der Waals surface area contributed by atoms with Gasteiger partial charge in [-0.3, -0.25) is 0 Å². The number of likely N-dealkylation sites (N-methyl/N-ethyl adjacent to an activating group) is 1. The number of hydrogen-bond acceptors (Lipinski definition) is 3. The minimum atomic E-state index is 0.494. The zero-order valence-electron chi connectivity index (χ0n) is 13.6. The quantitative estimate of drug-likeness (QED) is 0.751. The van der Waals surface area contributed by atoms with Crippen LogP contribution in [0.5, 0.6) is 5.75 Å². The third kappa shape index (κ3) is 5.93. The molecule has 20 heavy (non-hydrogen) atoms. The molecule has 1 aromatic rings. The van der Waals surface area contributed by atoms with Crippen LogP contribution in [0.4, 0.5) is 0 Å². The molecule has 1 N–H and O–H groups in total. The molecule has 2 unspecified atom stereocenters. The molecule has 0 spiro atoms. The molecule has 0 aliphatic rings. The van der Waals surface area contributed by atoms with Gasteiger partial charge in [-0.25, -0.2) is 0 Å². The van der Waals surface area contributed by atoms with Crippen LogP contribution in [0.3, 0.4) is 0 Å². The Hall–Kier alpha value is -1.06. The van der Waals surface area contributed by atoms with Gasteiger partial charge >= 0.3 is 0 Å². The van der Waals surface area contributed by atoms with E-state index in [1.165, 1.54) is 12.0 Å². The van der Waals surface area contributed by atoms with Crippen LogP contribution in [0.15, 0.2) is 24.3 Å². The zero-order chi connectivity index (χ0) is 15.0. The summed E-state index contributed by atoms with van der Waals surface area (Å²) < 4.78 is 5.18. The van der Waals surface area contributed by atoms with Crippen LogP contribution in [-0.4, -0.2) is 44.2 Å². The summed E-state index contributed by atoms with van der Waals surface area (Å²) in [5.41, 5.74) is 1.35. The summed E-state index contributed by atoms with van der Waals surface area (Å²) in [6, 6.07) is 9.49. The van der Waals surface area contributed by atoms with Gasteiger partial charge < -0.3 is 15.0 Å². The van der Waals surface area contributed by atoms with E-state index in [1.54, 1.807) is 7.11 Å². The molecular formula is C17H30N2O. The Morgan fingerprint density at radius 1 is 1.20 bits per heavy atom. The molecule has 3 heteroatoms. The Balaban J connectivity index is 2.27. The topological polar surface area (TPSA) is 24.5 Å². The van der Waals surface area contributed by atoms with E-state index in [9.17, 15) is 0 Å². The van der Waals surface area contributed by atoms with Crippen molar-refractivity contribution in [3.05, 3.63) is 29.8 Å². The molecule has 0 radical (unpaired) electrons. The summed E-state index contributed by atoms with van der Waals surface area (Å²) in [6.45, 7) is 8.90. The highest BCUT2D eigenvalue weighted by atomic mass is 16.5. The first kappa shape index (κ1) is 17.0. The molecule has 0 saturated heterocycles. The lowest BCUT2D eigenvalue weighted by molar-refractivity contribution is 0.249. The number of benzene rings is 1. The van der Waals surface area contributed by atoms with Crippen molar-refractivity contribution in [2.24, 2.45) is 0 Å². The molecule has 1 aromatic carbocycles.